The molecule has 0 aliphatic heterocycles. The van der Waals surface area contributed by atoms with Crippen LogP contribution in [0.3, 0.4) is 0 Å². The van der Waals surface area contributed by atoms with E-state index in [1.165, 1.54) is 15.8 Å². The van der Waals surface area contributed by atoms with Gasteiger partial charge in [-0.05, 0) is 6.07 Å². The number of furan rings is 1. The van der Waals surface area contributed by atoms with Gasteiger partial charge in [-0.25, -0.2) is 4.68 Å². The van der Waals surface area contributed by atoms with E-state index in [1.54, 1.807) is 20.4 Å². The number of rotatable bonds is 5. The molecule has 2 amide bonds. The zero-order chi connectivity index (χ0) is 17.1. The van der Waals surface area contributed by atoms with E-state index in [2.05, 4.69) is 15.6 Å². The third-order valence-electron chi connectivity index (χ3n) is 3.57. The smallest absolute Gasteiger partial charge is 0.273 e. The molecule has 3 rings (SSSR count). The molecule has 0 radical (unpaired) electrons. The minimum absolute atomic E-state index is 0.0413. The average molecular weight is 327 g/mol. The first-order valence-electron chi connectivity index (χ1n) is 7.38. The number of para-hydroxylation sites is 1. The molecule has 3 aromatic rings. The minimum atomic E-state index is -0.358. The first kappa shape index (κ1) is 15.7. The van der Waals surface area contributed by atoms with Gasteiger partial charge in [0.25, 0.3) is 5.91 Å². The van der Waals surface area contributed by atoms with Crippen LogP contribution in [0.5, 0.6) is 0 Å². The number of carbonyl (C=O) groups is 2. The summed E-state index contributed by atoms with van der Waals surface area (Å²) in [6.07, 6.45) is 3.07. The maximum Gasteiger partial charge on any atom is 0.273 e. The van der Waals surface area contributed by atoms with Crippen molar-refractivity contribution in [2.45, 2.75) is 13.1 Å². The van der Waals surface area contributed by atoms with Gasteiger partial charge in [0.15, 0.2) is 5.69 Å². The van der Waals surface area contributed by atoms with Crippen LogP contribution in [0, 0.1) is 0 Å². The first-order chi connectivity index (χ1) is 11.5. The number of hydrogen-bond acceptors (Lipinski definition) is 5. The Kier molecular flexibility index (Phi) is 4.28. The standard InChI is InChI=1S/C16H17N5O3/c1-20(2)15(22)9-21-8-13(18-19-21)16(23)17-7-11-10-24-14-6-4-3-5-12(11)14/h3-6,8,10H,7,9H2,1-2H3,(H,17,23). The molecule has 0 bridgehead atoms. The average Bonchev–Trinajstić information content (AvgIpc) is 3.19. The van der Waals surface area contributed by atoms with Crippen LogP contribution < -0.4 is 5.32 Å². The molecule has 0 unspecified atom stereocenters. The third kappa shape index (κ3) is 3.27. The van der Waals surface area contributed by atoms with E-state index in [-0.39, 0.29) is 24.1 Å². The number of likely N-dealkylation sites (N-methyl/N-ethyl adjacent to an activating group) is 1. The lowest BCUT2D eigenvalue weighted by Gasteiger charge is -2.08. The van der Waals surface area contributed by atoms with Crippen LogP contribution >= 0.6 is 0 Å². The quantitative estimate of drug-likeness (QED) is 0.756. The van der Waals surface area contributed by atoms with Gasteiger partial charge in [0.1, 0.15) is 12.1 Å². The summed E-state index contributed by atoms with van der Waals surface area (Å²) in [5, 5.41) is 11.3. The fourth-order valence-electron chi connectivity index (χ4n) is 2.20. The molecule has 2 heterocycles. The molecular formula is C16H17N5O3. The molecule has 124 valence electrons. The van der Waals surface area contributed by atoms with Gasteiger partial charge in [-0.15, -0.1) is 5.10 Å². The molecule has 0 atom stereocenters. The molecule has 0 saturated heterocycles. The predicted molar refractivity (Wildman–Crippen MR) is 86.1 cm³/mol. The predicted octanol–water partition coefficient (Wildman–Crippen LogP) is 1.04. The number of amides is 2. The van der Waals surface area contributed by atoms with Crippen molar-refractivity contribution in [1.82, 2.24) is 25.2 Å². The lowest BCUT2D eigenvalue weighted by molar-refractivity contribution is -0.129. The molecule has 0 spiro atoms. The molecule has 24 heavy (non-hydrogen) atoms. The fourth-order valence-corrected chi connectivity index (χ4v) is 2.20. The van der Waals surface area contributed by atoms with Gasteiger partial charge < -0.3 is 14.6 Å². The Morgan fingerprint density at radius 3 is 2.88 bits per heavy atom. The number of fused-ring (bicyclic) bond motifs is 1. The monoisotopic (exact) mass is 327 g/mol. The van der Waals surface area contributed by atoms with E-state index in [0.717, 1.165) is 16.5 Å². The Labute approximate surface area is 138 Å². The minimum Gasteiger partial charge on any atom is -0.464 e. The Hall–Kier alpha value is -3.16. The summed E-state index contributed by atoms with van der Waals surface area (Å²) in [5.74, 6) is -0.486. The highest BCUT2D eigenvalue weighted by Crippen LogP contribution is 2.20. The summed E-state index contributed by atoms with van der Waals surface area (Å²) < 4.78 is 6.77. The molecule has 0 fully saturated rings. The van der Waals surface area contributed by atoms with Gasteiger partial charge in [0.2, 0.25) is 5.91 Å². The van der Waals surface area contributed by atoms with Crippen molar-refractivity contribution in [3.8, 4) is 0 Å². The van der Waals surface area contributed by atoms with E-state index in [1.807, 2.05) is 24.3 Å². The van der Waals surface area contributed by atoms with E-state index in [4.69, 9.17) is 4.42 Å². The zero-order valence-corrected chi connectivity index (χ0v) is 13.4. The number of nitrogens with zero attached hydrogens (tertiary/aromatic N) is 4. The SMILES string of the molecule is CN(C)C(=O)Cn1cc(C(=O)NCc2coc3ccccc23)nn1. The van der Waals surface area contributed by atoms with Crippen LogP contribution in [-0.4, -0.2) is 45.8 Å². The lowest BCUT2D eigenvalue weighted by atomic mass is 10.2. The molecular weight excluding hydrogens is 310 g/mol. The van der Waals surface area contributed by atoms with Crippen molar-refractivity contribution in [3.63, 3.8) is 0 Å². The second kappa shape index (κ2) is 6.53. The molecule has 0 saturated carbocycles. The van der Waals surface area contributed by atoms with Crippen molar-refractivity contribution < 1.29 is 14.0 Å². The van der Waals surface area contributed by atoms with Crippen molar-refractivity contribution >= 4 is 22.8 Å². The van der Waals surface area contributed by atoms with Gasteiger partial charge in [0.05, 0.1) is 12.5 Å². The van der Waals surface area contributed by atoms with Crippen LogP contribution in [0.1, 0.15) is 16.1 Å². The molecule has 2 aromatic heterocycles. The van der Waals surface area contributed by atoms with Gasteiger partial charge in [-0.1, -0.05) is 23.4 Å². The highest BCUT2D eigenvalue weighted by Gasteiger charge is 2.14. The summed E-state index contributed by atoms with van der Waals surface area (Å²) >= 11 is 0. The maximum absolute atomic E-state index is 12.2. The second-order valence-electron chi connectivity index (χ2n) is 5.53. The van der Waals surface area contributed by atoms with Crippen molar-refractivity contribution in [3.05, 3.63) is 48.0 Å². The molecule has 0 aliphatic carbocycles. The van der Waals surface area contributed by atoms with Crippen LogP contribution in [0.4, 0.5) is 0 Å². The normalized spacial score (nSPS) is 10.8. The van der Waals surface area contributed by atoms with Gasteiger partial charge in [-0.3, -0.25) is 9.59 Å². The van der Waals surface area contributed by atoms with Gasteiger partial charge in [0, 0.05) is 31.6 Å². The Balaban J connectivity index is 1.63. The highest BCUT2D eigenvalue weighted by molar-refractivity contribution is 5.92. The van der Waals surface area contributed by atoms with E-state index in [0.29, 0.717) is 6.54 Å². The van der Waals surface area contributed by atoms with Crippen molar-refractivity contribution in [2.75, 3.05) is 14.1 Å². The summed E-state index contributed by atoms with van der Waals surface area (Å²) in [4.78, 5) is 25.2. The Morgan fingerprint density at radius 2 is 2.08 bits per heavy atom. The maximum atomic E-state index is 12.2. The number of hydrogen-bond donors (Lipinski definition) is 1. The summed E-state index contributed by atoms with van der Waals surface area (Å²) in [6, 6.07) is 7.61. The lowest BCUT2D eigenvalue weighted by Crippen LogP contribution is -2.26. The number of benzene rings is 1. The third-order valence-corrected chi connectivity index (χ3v) is 3.57. The van der Waals surface area contributed by atoms with E-state index >= 15 is 0 Å². The summed E-state index contributed by atoms with van der Waals surface area (Å²) in [6.45, 7) is 0.360. The largest absolute Gasteiger partial charge is 0.464 e. The molecule has 8 nitrogen and oxygen atoms in total. The summed E-state index contributed by atoms with van der Waals surface area (Å²) in [7, 11) is 3.31. The van der Waals surface area contributed by atoms with Crippen molar-refractivity contribution in [1.29, 1.82) is 0 Å². The molecule has 1 N–H and O–H groups in total. The fraction of sp³-hybridized carbons (Fsp3) is 0.250. The number of aromatic nitrogens is 3. The summed E-state index contributed by atoms with van der Waals surface area (Å²) in [5.41, 5.74) is 1.82. The first-order valence-corrected chi connectivity index (χ1v) is 7.38. The van der Waals surface area contributed by atoms with Gasteiger partial charge >= 0.3 is 0 Å². The highest BCUT2D eigenvalue weighted by atomic mass is 16.3. The second-order valence-corrected chi connectivity index (χ2v) is 5.53. The molecule has 0 aliphatic rings. The van der Waals surface area contributed by atoms with Crippen LogP contribution in [0.25, 0.3) is 11.0 Å². The van der Waals surface area contributed by atoms with Crippen LogP contribution in [0.2, 0.25) is 0 Å². The number of nitrogens with one attached hydrogen (secondary N) is 1. The zero-order valence-electron chi connectivity index (χ0n) is 13.4. The van der Waals surface area contributed by atoms with Crippen LogP contribution in [0.15, 0.2) is 41.1 Å². The van der Waals surface area contributed by atoms with Gasteiger partial charge in [-0.2, -0.15) is 0 Å². The van der Waals surface area contributed by atoms with E-state index in [9.17, 15) is 9.59 Å². The Morgan fingerprint density at radius 1 is 1.29 bits per heavy atom. The van der Waals surface area contributed by atoms with Crippen LogP contribution in [-0.2, 0) is 17.9 Å². The van der Waals surface area contributed by atoms with Crippen molar-refractivity contribution in [2.24, 2.45) is 0 Å². The molecule has 8 heteroatoms. The number of carbonyl (C=O) groups excluding carboxylic acids is 2. The van der Waals surface area contributed by atoms with E-state index < -0.39 is 0 Å². The topological polar surface area (TPSA) is 93.3 Å². The Bertz CT molecular complexity index is 881. The molecule has 1 aromatic carbocycles.